The zero-order valence-corrected chi connectivity index (χ0v) is 12.7. The number of halogens is 1. The molecule has 1 aliphatic rings. The lowest BCUT2D eigenvalue weighted by Crippen LogP contribution is -2.19. The Bertz CT molecular complexity index is 669. The zero-order chi connectivity index (χ0) is 15.0. The lowest BCUT2D eigenvalue weighted by atomic mass is 9.94. The van der Waals surface area contributed by atoms with Gasteiger partial charge in [0.25, 0.3) is 0 Å². The average molecular weight is 305 g/mol. The van der Waals surface area contributed by atoms with Crippen LogP contribution >= 0.6 is 11.6 Å². The van der Waals surface area contributed by atoms with E-state index in [9.17, 15) is 5.11 Å². The Morgan fingerprint density at radius 2 is 2.05 bits per heavy atom. The molecule has 0 bridgehead atoms. The van der Waals surface area contributed by atoms with Crippen LogP contribution in [0.5, 0.6) is 11.5 Å². The molecule has 0 spiro atoms. The number of ether oxygens (including phenoxy) is 2. The third-order valence-electron chi connectivity index (χ3n) is 3.85. The Morgan fingerprint density at radius 1 is 1.24 bits per heavy atom. The van der Waals surface area contributed by atoms with Crippen molar-refractivity contribution in [1.82, 2.24) is 0 Å². The summed E-state index contributed by atoms with van der Waals surface area (Å²) in [5.41, 5.74) is 2.77. The van der Waals surface area contributed by atoms with Crippen molar-refractivity contribution in [3.63, 3.8) is 0 Å². The fourth-order valence-corrected chi connectivity index (χ4v) is 2.75. The van der Waals surface area contributed by atoms with Crippen molar-refractivity contribution < 1.29 is 14.6 Å². The predicted molar refractivity (Wildman–Crippen MR) is 82.1 cm³/mol. The molecule has 1 heterocycles. The molecular formula is C17H17ClO3. The number of aryl methyl sites for hydroxylation is 1. The molecule has 3 nitrogen and oxygen atoms in total. The highest BCUT2D eigenvalue weighted by Gasteiger charge is 2.28. The van der Waals surface area contributed by atoms with Gasteiger partial charge in [0.15, 0.2) is 0 Å². The van der Waals surface area contributed by atoms with Gasteiger partial charge in [0.1, 0.15) is 17.6 Å². The maximum Gasteiger partial charge on any atom is 0.127 e. The van der Waals surface area contributed by atoms with Crippen molar-refractivity contribution in [1.29, 1.82) is 0 Å². The second-order valence-electron chi connectivity index (χ2n) is 5.27. The molecule has 0 amide bonds. The molecule has 0 saturated heterocycles. The van der Waals surface area contributed by atoms with E-state index in [-0.39, 0.29) is 6.10 Å². The van der Waals surface area contributed by atoms with Crippen molar-refractivity contribution in [2.75, 3.05) is 7.11 Å². The largest absolute Gasteiger partial charge is 0.497 e. The molecule has 21 heavy (non-hydrogen) atoms. The summed E-state index contributed by atoms with van der Waals surface area (Å²) >= 11 is 6.17. The molecular weight excluding hydrogens is 288 g/mol. The minimum Gasteiger partial charge on any atom is -0.497 e. The number of methoxy groups -OCH3 is 1. The van der Waals surface area contributed by atoms with Crippen LogP contribution in [0.1, 0.15) is 35.3 Å². The monoisotopic (exact) mass is 304 g/mol. The third kappa shape index (κ3) is 2.71. The molecule has 0 aliphatic carbocycles. The molecule has 0 radical (unpaired) electrons. The summed E-state index contributed by atoms with van der Waals surface area (Å²) in [7, 11) is 1.61. The van der Waals surface area contributed by atoms with Gasteiger partial charge in [0.2, 0.25) is 0 Å². The van der Waals surface area contributed by atoms with E-state index in [4.69, 9.17) is 21.1 Å². The first kappa shape index (κ1) is 14.2. The van der Waals surface area contributed by atoms with E-state index in [2.05, 4.69) is 0 Å². The van der Waals surface area contributed by atoms with E-state index in [0.717, 1.165) is 16.7 Å². The second kappa shape index (κ2) is 5.58. The Kier molecular flexibility index (Phi) is 3.79. The number of hydrogen-bond acceptors (Lipinski definition) is 3. The van der Waals surface area contributed by atoms with Crippen LogP contribution in [-0.2, 0) is 0 Å². The first-order valence-electron chi connectivity index (χ1n) is 6.87. The molecule has 2 unspecified atom stereocenters. The van der Waals surface area contributed by atoms with Crippen molar-refractivity contribution in [3.05, 3.63) is 58.1 Å². The van der Waals surface area contributed by atoms with Gasteiger partial charge < -0.3 is 14.6 Å². The number of rotatable bonds is 2. The van der Waals surface area contributed by atoms with Gasteiger partial charge in [0.05, 0.1) is 13.2 Å². The van der Waals surface area contributed by atoms with Crippen LogP contribution in [0.2, 0.25) is 5.02 Å². The van der Waals surface area contributed by atoms with Crippen LogP contribution in [-0.4, -0.2) is 12.2 Å². The minimum absolute atomic E-state index is 0.195. The van der Waals surface area contributed by atoms with Crippen LogP contribution in [0.3, 0.4) is 0 Å². The number of aliphatic hydroxyl groups is 1. The SMILES string of the molecule is COc1ccc2c(c1)C(O)CC(c1ccc(C)c(Cl)c1)O2. The summed E-state index contributed by atoms with van der Waals surface area (Å²) in [6.07, 6.45) is -0.271. The average Bonchev–Trinajstić information content (AvgIpc) is 2.49. The minimum atomic E-state index is -0.575. The van der Waals surface area contributed by atoms with Gasteiger partial charge in [-0.2, -0.15) is 0 Å². The fraction of sp³-hybridized carbons (Fsp3) is 0.294. The topological polar surface area (TPSA) is 38.7 Å². The molecule has 3 rings (SSSR count). The Balaban J connectivity index is 1.92. The quantitative estimate of drug-likeness (QED) is 0.903. The van der Waals surface area contributed by atoms with Crippen molar-refractivity contribution in [2.24, 2.45) is 0 Å². The van der Waals surface area contributed by atoms with Gasteiger partial charge in [-0.25, -0.2) is 0 Å². The zero-order valence-electron chi connectivity index (χ0n) is 12.0. The molecule has 110 valence electrons. The lowest BCUT2D eigenvalue weighted by Gasteiger charge is -2.30. The third-order valence-corrected chi connectivity index (χ3v) is 4.26. The standard InChI is InChI=1S/C17H17ClO3/c1-10-3-4-11(7-14(10)18)17-9-15(19)13-8-12(20-2)5-6-16(13)21-17/h3-8,15,17,19H,9H2,1-2H3. The molecule has 2 aromatic rings. The summed E-state index contributed by atoms with van der Waals surface area (Å²) in [6, 6.07) is 11.3. The molecule has 1 N–H and O–H groups in total. The number of aliphatic hydroxyl groups excluding tert-OH is 1. The van der Waals surface area contributed by atoms with E-state index in [0.29, 0.717) is 22.9 Å². The molecule has 0 aromatic heterocycles. The van der Waals surface area contributed by atoms with Crippen molar-refractivity contribution >= 4 is 11.6 Å². The van der Waals surface area contributed by atoms with E-state index < -0.39 is 6.10 Å². The summed E-state index contributed by atoms with van der Waals surface area (Å²) in [6.45, 7) is 1.96. The Labute approximate surface area is 129 Å². The van der Waals surface area contributed by atoms with Gasteiger partial charge in [0, 0.05) is 17.0 Å². The fourth-order valence-electron chi connectivity index (χ4n) is 2.57. The molecule has 2 atom stereocenters. The number of fused-ring (bicyclic) bond motifs is 1. The summed E-state index contributed by atoms with van der Waals surface area (Å²) in [4.78, 5) is 0. The smallest absolute Gasteiger partial charge is 0.127 e. The van der Waals surface area contributed by atoms with Gasteiger partial charge in [-0.15, -0.1) is 0 Å². The van der Waals surface area contributed by atoms with E-state index in [1.165, 1.54) is 0 Å². The van der Waals surface area contributed by atoms with Crippen LogP contribution in [0.25, 0.3) is 0 Å². The van der Waals surface area contributed by atoms with Crippen LogP contribution in [0, 0.1) is 6.92 Å². The van der Waals surface area contributed by atoms with Crippen molar-refractivity contribution in [2.45, 2.75) is 25.6 Å². The van der Waals surface area contributed by atoms with Gasteiger partial charge in [-0.3, -0.25) is 0 Å². The maximum atomic E-state index is 10.4. The van der Waals surface area contributed by atoms with E-state index in [1.54, 1.807) is 7.11 Å². The lowest BCUT2D eigenvalue weighted by molar-refractivity contribution is 0.0654. The van der Waals surface area contributed by atoms with Crippen LogP contribution < -0.4 is 9.47 Å². The molecule has 2 aromatic carbocycles. The number of benzene rings is 2. The predicted octanol–water partition coefficient (Wildman–Crippen LogP) is 4.21. The summed E-state index contributed by atoms with van der Waals surface area (Å²) < 4.78 is 11.2. The first-order chi connectivity index (χ1) is 10.1. The van der Waals surface area contributed by atoms with Gasteiger partial charge in [-0.1, -0.05) is 23.7 Å². The molecule has 1 aliphatic heterocycles. The number of hydrogen-bond donors (Lipinski definition) is 1. The molecule has 0 saturated carbocycles. The van der Waals surface area contributed by atoms with E-state index >= 15 is 0 Å². The van der Waals surface area contributed by atoms with Gasteiger partial charge >= 0.3 is 0 Å². The summed E-state index contributed by atoms with van der Waals surface area (Å²) in [5.74, 6) is 1.41. The van der Waals surface area contributed by atoms with Crippen molar-refractivity contribution in [3.8, 4) is 11.5 Å². The Hall–Kier alpha value is -1.71. The Morgan fingerprint density at radius 3 is 2.76 bits per heavy atom. The highest BCUT2D eigenvalue weighted by molar-refractivity contribution is 6.31. The first-order valence-corrected chi connectivity index (χ1v) is 7.25. The van der Waals surface area contributed by atoms with E-state index in [1.807, 2.05) is 43.3 Å². The molecule has 0 fully saturated rings. The highest BCUT2D eigenvalue weighted by Crippen LogP contribution is 2.42. The second-order valence-corrected chi connectivity index (χ2v) is 5.68. The molecule has 4 heteroatoms. The normalized spacial score (nSPS) is 20.6. The maximum absolute atomic E-state index is 10.4. The highest BCUT2D eigenvalue weighted by atomic mass is 35.5. The van der Waals surface area contributed by atoms with Crippen LogP contribution in [0.4, 0.5) is 0 Å². The summed E-state index contributed by atoms with van der Waals surface area (Å²) in [5, 5.41) is 11.1. The van der Waals surface area contributed by atoms with Crippen LogP contribution in [0.15, 0.2) is 36.4 Å². The van der Waals surface area contributed by atoms with Gasteiger partial charge in [-0.05, 0) is 42.3 Å².